The van der Waals surface area contributed by atoms with Crippen LogP contribution >= 0.6 is 0 Å². The number of hydrogen-bond donors (Lipinski definition) is 1. The average Bonchev–Trinajstić information content (AvgIpc) is 3.24. The molecule has 1 amide bonds. The summed E-state index contributed by atoms with van der Waals surface area (Å²) < 4.78 is 26.9. The molecule has 1 aromatic carbocycles. The number of nitrogens with one attached hydrogen (secondary N) is 1. The fraction of sp³-hybridized carbons (Fsp3) is 0.474. The average molecular weight is 388 g/mol. The van der Waals surface area contributed by atoms with E-state index in [0.29, 0.717) is 19.4 Å². The third-order valence-corrected chi connectivity index (χ3v) is 6.64. The first-order valence-electron chi connectivity index (χ1n) is 9.35. The van der Waals surface area contributed by atoms with Gasteiger partial charge in [0.2, 0.25) is 15.9 Å². The lowest BCUT2D eigenvalue weighted by Crippen LogP contribution is -2.43. The van der Waals surface area contributed by atoms with Crippen molar-refractivity contribution in [2.24, 2.45) is 5.92 Å². The van der Waals surface area contributed by atoms with E-state index in [2.05, 4.69) is 5.32 Å². The molecule has 144 valence electrons. The summed E-state index contributed by atoms with van der Waals surface area (Å²) in [4.78, 5) is 12.9. The normalized spacial score (nSPS) is 20.4. The van der Waals surface area contributed by atoms with E-state index in [-0.39, 0.29) is 18.4 Å². The van der Waals surface area contributed by atoms with Crippen LogP contribution in [0.4, 0.5) is 5.82 Å². The summed E-state index contributed by atoms with van der Waals surface area (Å²) in [7, 11) is -3.28. The molecule has 0 unspecified atom stereocenters. The number of carbonyl (C=O) groups excluding carboxylic acids is 1. The maximum Gasteiger partial charge on any atom is 0.229 e. The molecule has 1 atom stereocenters. The Hall–Kier alpha value is -2.19. The Bertz CT molecular complexity index is 953. The first kappa shape index (κ1) is 18.2. The van der Waals surface area contributed by atoms with Gasteiger partial charge >= 0.3 is 0 Å². The van der Waals surface area contributed by atoms with Crippen LogP contribution in [0.2, 0.25) is 0 Å². The SMILES string of the molecule is CS(=O)(=O)N1CCC[C@@H](C(=O)Nc2c3c(nn2-c2ccccc2)CCC3)C1. The van der Waals surface area contributed by atoms with Crippen LogP contribution in [0, 0.1) is 5.92 Å². The van der Waals surface area contributed by atoms with Crippen molar-refractivity contribution in [2.45, 2.75) is 32.1 Å². The summed E-state index contributed by atoms with van der Waals surface area (Å²) in [6.07, 6.45) is 5.45. The molecule has 7 nitrogen and oxygen atoms in total. The minimum absolute atomic E-state index is 0.130. The number of hydrogen-bond acceptors (Lipinski definition) is 4. The molecule has 8 heteroatoms. The summed E-state index contributed by atoms with van der Waals surface area (Å²) in [5.74, 6) is 0.259. The van der Waals surface area contributed by atoms with Crippen molar-refractivity contribution in [1.82, 2.24) is 14.1 Å². The molecule has 2 aromatic rings. The minimum atomic E-state index is -3.28. The van der Waals surface area contributed by atoms with Crippen molar-refractivity contribution < 1.29 is 13.2 Å². The third kappa shape index (κ3) is 3.64. The Morgan fingerprint density at radius 2 is 1.96 bits per heavy atom. The number of piperidine rings is 1. The van der Waals surface area contributed by atoms with Gasteiger partial charge in [-0.2, -0.15) is 5.10 Å². The zero-order valence-corrected chi connectivity index (χ0v) is 16.2. The molecular weight excluding hydrogens is 364 g/mol. The summed E-state index contributed by atoms with van der Waals surface area (Å²) in [5, 5.41) is 7.78. The zero-order valence-electron chi connectivity index (χ0n) is 15.4. The molecule has 2 aliphatic rings. The number of aryl methyl sites for hydroxylation is 1. The number of para-hydroxylation sites is 1. The van der Waals surface area contributed by atoms with Gasteiger partial charge in [-0.25, -0.2) is 17.4 Å². The topological polar surface area (TPSA) is 84.3 Å². The van der Waals surface area contributed by atoms with Crippen LogP contribution in [0.3, 0.4) is 0 Å². The molecule has 27 heavy (non-hydrogen) atoms. The summed E-state index contributed by atoms with van der Waals surface area (Å²) in [6.45, 7) is 0.728. The molecule has 1 fully saturated rings. The van der Waals surface area contributed by atoms with Crippen molar-refractivity contribution in [3.8, 4) is 5.69 Å². The van der Waals surface area contributed by atoms with Crippen LogP contribution < -0.4 is 5.32 Å². The molecule has 4 rings (SSSR count). The van der Waals surface area contributed by atoms with E-state index < -0.39 is 10.0 Å². The zero-order chi connectivity index (χ0) is 19.0. The quantitative estimate of drug-likeness (QED) is 0.868. The van der Waals surface area contributed by atoms with Gasteiger partial charge in [0, 0.05) is 18.7 Å². The number of rotatable bonds is 4. The Kier molecular flexibility index (Phi) is 4.77. The van der Waals surface area contributed by atoms with Crippen LogP contribution in [0.1, 0.15) is 30.5 Å². The number of benzene rings is 1. The van der Waals surface area contributed by atoms with Crippen LogP contribution in [0.25, 0.3) is 5.69 Å². The van der Waals surface area contributed by atoms with Gasteiger partial charge < -0.3 is 5.32 Å². The molecule has 1 aromatic heterocycles. The second-order valence-corrected chi connectivity index (χ2v) is 9.31. The monoisotopic (exact) mass is 388 g/mol. The molecule has 2 heterocycles. The van der Waals surface area contributed by atoms with Crippen LogP contribution in [0.15, 0.2) is 30.3 Å². The minimum Gasteiger partial charge on any atom is -0.310 e. The lowest BCUT2D eigenvalue weighted by atomic mass is 9.99. The van der Waals surface area contributed by atoms with Gasteiger partial charge in [0.15, 0.2) is 0 Å². The van der Waals surface area contributed by atoms with Gasteiger partial charge in [0.05, 0.1) is 23.6 Å². The van der Waals surface area contributed by atoms with Gasteiger partial charge in [-0.1, -0.05) is 18.2 Å². The van der Waals surface area contributed by atoms with Crippen molar-refractivity contribution in [1.29, 1.82) is 0 Å². The predicted octanol–water partition coefficient (Wildman–Crippen LogP) is 1.97. The standard InChI is InChI=1S/C19H24N4O3S/c1-27(25,26)22-12-6-7-14(13-22)19(24)20-18-16-10-5-11-17(16)21-23(18)15-8-3-2-4-9-15/h2-4,8-9,14H,5-7,10-13H2,1H3,(H,20,24)/t14-/m1/s1. The van der Waals surface area contributed by atoms with Gasteiger partial charge in [0.25, 0.3) is 0 Å². The van der Waals surface area contributed by atoms with Crippen molar-refractivity contribution in [3.63, 3.8) is 0 Å². The Balaban J connectivity index is 1.60. The first-order chi connectivity index (χ1) is 12.9. The van der Waals surface area contributed by atoms with E-state index in [1.165, 1.54) is 10.6 Å². The highest BCUT2D eigenvalue weighted by Gasteiger charge is 2.32. The van der Waals surface area contributed by atoms with E-state index in [4.69, 9.17) is 5.10 Å². The Morgan fingerprint density at radius 3 is 2.70 bits per heavy atom. The fourth-order valence-electron chi connectivity index (χ4n) is 3.95. The number of nitrogens with zero attached hydrogens (tertiary/aromatic N) is 3. The largest absolute Gasteiger partial charge is 0.310 e. The van der Waals surface area contributed by atoms with Crippen molar-refractivity contribution >= 4 is 21.7 Å². The van der Waals surface area contributed by atoms with Gasteiger partial charge in [-0.15, -0.1) is 0 Å². The van der Waals surface area contributed by atoms with Crippen LogP contribution in [0.5, 0.6) is 0 Å². The Morgan fingerprint density at radius 1 is 1.19 bits per heavy atom. The number of anilines is 1. The van der Waals surface area contributed by atoms with Crippen molar-refractivity contribution in [3.05, 3.63) is 41.6 Å². The summed E-state index contributed by atoms with van der Waals surface area (Å²) >= 11 is 0. The molecule has 0 spiro atoms. The predicted molar refractivity (Wildman–Crippen MR) is 103 cm³/mol. The highest BCUT2D eigenvalue weighted by atomic mass is 32.2. The maximum absolute atomic E-state index is 12.9. The van der Waals surface area contributed by atoms with Gasteiger partial charge in [-0.3, -0.25) is 4.79 Å². The second-order valence-electron chi connectivity index (χ2n) is 7.32. The summed E-state index contributed by atoms with van der Waals surface area (Å²) in [6, 6.07) is 9.76. The van der Waals surface area contributed by atoms with E-state index in [0.717, 1.165) is 42.0 Å². The molecule has 1 saturated heterocycles. The van der Waals surface area contributed by atoms with Gasteiger partial charge in [0.1, 0.15) is 5.82 Å². The third-order valence-electron chi connectivity index (χ3n) is 5.37. The van der Waals surface area contributed by atoms with Gasteiger partial charge in [-0.05, 0) is 44.2 Å². The fourth-order valence-corrected chi connectivity index (χ4v) is 4.86. The molecule has 1 N–H and O–H groups in total. The number of carbonyl (C=O) groups is 1. The van der Waals surface area contributed by atoms with E-state index in [1.807, 2.05) is 30.3 Å². The number of amides is 1. The van der Waals surface area contributed by atoms with E-state index in [1.54, 1.807) is 4.68 Å². The molecule has 1 aliphatic carbocycles. The highest BCUT2D eigenvalue weighted by Crippen LogP contribution is 2.31. The van der Waals surface area contributed by atoms with E-state index >= 15 is 0 Å². The smallest absolute Gasteiger partial charge is 0.229 e. The second kappa shape index (κ2) is 7.09. The summed E-state index contributed by atoms with van der Waals surface area (Å²) in [5.41, 5.74) is 3.04. The molecular formula is C19H24N4O3S. The van der Waals surface area contributed by atoms with Crippen molar-refractivity contribution in [2.75, 3.05) is 24.7 Å². The Labute approximate surface area is 159 Å². The lowest BCUT2D eigenvalue weighted by Gasteiger charge is -2.30. The molecule has 0 saturated carbocycles. The number of fused-ring (bicyclic) bond motifs is 1. The lowest BCUT2D eigenvalue weighted by molar-refractivity contribution is -0.120. The maximum atomic E-state index is 12.9. The molecule has 0 radical (unpaired) electrons. The molecule has 0 bridgehead atoms. The highest BCUT2D eigenvalue weighted by molar-refractivity contribution is 7.88. The molecule has 1 aliphatic heterocycles. The van der Waals surface area contributed by atoms with Crippen LogP contribution in [-0.4, -0.2) is 47.8 Å². The first-order valence-corrected chi connectivity index (χ1v) is 11.2. The number of aromatic nitrogens is 2. The van der Waals surface area contributed by atoms with E-state index in [9.17, 15) is 13.2 Å². The number of sulfonamides is 1. The van der Waals surface area contributed by atoms with Crippen LogP contribution in [-0.2, 0) is 27.7 Å².